The highest BCUT2D eigenvalue weighted by Gasteiger charge is 2.07. The van der Waals surface area contributed by atoms with Gasteiger partial charge in [-0.2, -0.15) is 5.26 Å². The first kappa shape index (κ1) is 11.0. The second-order valence-electron chi connectivity index (χ2n) is 3.19. The maximum atomic E-state index is 12.8. The van der Waals surface area contributed by atoms with E-state index < -0.39 is 5.82 Å². The first-order valence-electron chi connectivity index (χ1n) is 4.51. The van der Waals surface area contributed by atoms with Crippen LogP contribution in [0.1, 0.15) is 18.9 Å². The van der Waals surface area contributed by atoms with E-state index in [4.69, 9.17) is 16.9 Å². The Hall–Kier alpha value is -1.07. The van der Waals surface area contributed by atoms with Gasteiger partial charge >= 0.3 is 0 Å². The molecule has 1 atom stereocenters. The molecule has 0 saturated heterocycles. The van der Waals surface area contributed by atoms with Crippen LogP contribution < -0.4 is 0 Å². The summed E-state index contributed by atoms with van der Waals surface area (Å²) in [7, 11) is 0. The van der Waals surface area contributed by atoms with Crippen LogP contribution in [-0.4, -0.2) is 0 Å². The molecule has 0 amide bonds. The predicted molar refractivity (Wildman–Crippen MR) is 54.5 cm³/mol. The number of benzene rings is 1. The van der Waals surface area contributed by atoms with E-state index in [1.165, 1.54) is 6.07 Å². The summed E-state index contributed by atoms with van der Waals surface area (Å²) in [4.78, 5) is 0. The van der Waals surface area contributed by atoms with E-state index in [2.05, 4.69) is 6.07 Å². The summed E-state index contributed by atoms with van der Waals surface area (Å²) in [5.41, 5.74) is 0.907. The summed E-state index contributed by atoms with van der Waals surface area (Å²) < 4.78 is 12.8. The molecule has 0 aromatic heterocycles. The van der Waals surface area contributed by atoms with Gasteiger partial charge < -0.3 is 0 Å². The fraction of sp³-hybridized carbons (Fsp3) is 0.364. The molecular weight excluding hydrogens is 201 g/mol. The lowest BCUT2D eigenvalue weighted by molar-refractivity contribution is 0.619. The Morgan fingerprint density at radius 1 is 1.57 bits per heavy atom. The van der Waals surface area contributed by atoms with Gasteiger partial charge in [0, 0.05) is 0 Å². The fourth-order valence-electron chi connectivity index (χ4n) is 1.23. The normalized spacial score (nSPS) is 12.1. The summed E-state index contributed by atoms with van der Waals surface area (Å²) in [5.74, 6) is -0.433. The van der Waals surface area contributed by atoms with Crippen molar-refractivity contribution < 1.29 is 4.39 Å². The lowest BCUT2D eigenvalue weighted by Crippen LogP contribution is -2.00. The third-order valence-electron chi connectivity index (χ3n) is 2.14. The molecule has 0 N–H and O–H groups in total. The largest absolute Gasteiger partial charge is 0.205 e. The molecule has 1 nitrogen and oxygen atoms in total. The van der Waals surface area contributed by atoms with Crippen molar-refractivity contribution in [2.75, 3.05) is 0 Å². The predicted octanol–water partition coefficient (Wildman–Crippen LogP) is 3.57. The number of hydrogen-bond acceptors (Lipinski definition) is 1. The first-order chi connectivity index (χ1) is 6.67. The number of halogens is 2. The van der Waals surface area contributed by atoms with Crippen LogP contribution in [0.2, 0.25) is 5.02 Å². The molecule has 3 heteroatoms. The van der Waals surface area contributed by atoms with Gasteiger partial charge in [0.05, 0.1) is 17.0 Å². The van der Waals surface area contributed by atoms with Crippen molar-refractivity contribution in [3.63, 3.8) is 0 Å². The Bertz CT molecular complexity index is 357. The molecule has 0 aliphatic heterocycles. The highest BCUT2D eigenvalue weighted by atomic mass is 35.5. The molecule has 0 aliphatic rings. The van der Waals surface area contributed by atoms with Crippen molar-refractivity contribution in [3.05, 3.63) is 34.6 Å². The van der Waals surface area contributed by atoms with Crippen LogP contribution in [0, 0.1) is 23.1 Å². The molecule has 1 rings (SSSR count). The highest BCUT2D eigenvalue weighted by Crippen LogP contribution is 2.19. The van der Waals surface area contributed by atoms with Gasteiger partial charge in [-0.1, -0.05) is 24.6 Å². The number of nitrogens with zero attached hydrogens (tertiary/aromatic N) is 1. The Labute approximate surface area is 88.1 Å². The minimum absolute atomic E-state index is 0.0171. The minimum atomic E-state index is -0.416. The van der Waals surface area contributed by atoms with Crippen LogP contribution in [0.4, 0.5) is 4.39 Å². The van der Waals surface area contributed by atoms with Crippen molar-refractivity contribution >= 4 is 11.6 Å². The Morgan fingerprint density at radius 2 is 2.29 bits per heavy atom. The zero-order valence-electron chi connectivity index (χ0n) is 7.93. The molecule has 1 aromatic rings. The van der Waals surface area contributed by atoms with E-state index in [0.29, 0.717) is 6.42 Å². The quantitative estimate of drug-likeness (QED) is 0.750. The van der Waals surface area contributed by atoms with Gasteiger partial charge in [-0.25, -0.2) is 4.39 Å². The van der Waals surface area contributed by atoms with Gasteiger partial charge in [-0.15, -0.1) is 0 Å². The highest BCUT2D eigenvalue weighted by molar-refractivity contribution is 6.30. The van der Waals surface area contributed by atoms with Crippen LogP contribution in [0.5, 0.6) is 0 Å². The van der Waals surface area contributed by atoms with Crippen LogP contribution in [0.15, 0.2) is 18.2 Å². The third kappa shape index (κ3) is 2.71. The zero-order valence-corrected chi connectivity index (χ0v) is 8.68. The van der Waals surface area contributed by atoms with E-state index in [1.807, 2.05) is 6.92 Å². The average molecular weight is 212 g/mol. The van der Waals surface area contributed by atoms with Crippen LogP contribution in [0.25, 0.3) is 0 Å². The summed E-state index contributed by atoms with van der Waals surface area (Å²) in [5, 5.41) is 8.87. The molecule has 0 bridgehead atoms. The molecule has 0 saturated carbocycles. The standard InChI is InChI=1S/C11H11ClFN/c1-2-8(7-14)5-9-3-4-11(13)10(12)6-9/h3-4,6,8H,2,5H2,1H3. The second-order valence-corrected chi connectivity index (χ2v) is 3.59. The van der Waals surface area contributed by atoms with Crippen molar-refractivity contribution in [3.8, 4) is 6.07 Å². The molecule has 1 aromatic carbocycles. The summed E-state index contributed by atoms with van der Waals surface area (Å²) >= 11 is 5.63. The Morgan fingerprint density at radius 3 is 2.79 bits per heavy atom. The van der Waals surface area contributed by atoms with Crippen molar-refractivity contribution in [1.29, 1.82) is 5.26 Å². The maximum absolute atomic E-state index is 12.8. The molecular formula is C11H11ClFN. The van der Waals surface area contributed by atoms with Crippen molar-refractivity contribution in [1.82, 2.24) is 0 Å². The summed E-state index contributed by atoms with van der Waals surface area (Å²) in [6, 6.07) is 6.78. The second kappa shape index (κ2) is 4.97. The van der Waals surface area contributed by atoms with Crippen LogP contribution >= 0.6 is 11.6 Å². The topological polar surface area (TPSA) is 23.8 Å². The average Bonchev–Trinajstić information content (AvgIpc) is 2.19. The summed E-state index contributed by atoms with van der Waals surface area (Å²) in [6.45, 7) is 1.96. The van der Waals surface area contributed by atoms with Gasteiger partial charge in [0.15, 0.2) is 0 Å². The number of nitriles is 1. The fourth-order valence-corrected chi connectivity index (χ4v) is 1.44. The third-order valence-corrected chi connectivity index (χ3v) is 2.43. The van der Waals surface area contributed by atoms with Crippen LogP contribution in [0.3, 0.4) is 0 Å². The number of rotatable bonds is 3. The van der Waals surface area contributed by atoms with E-state index in [1.54, 1.807) is 12.1 Å². The zero-order chi connectivity index (χ0) is 10.6. The smallest absolute Gasteiger partial charge is 0.141 e. The van der Waals surface area contributed by atoms with E-state index in [-0.39, 0.29) is 10.9 Å². The minimum Gasteiger partial charge on any atom is -0.205 e. The molecule has 1 unspecified atom stereocenters. The Balaban J connectivity index is 2.78. The van der Waals surface area contributed by atoms with Gasteiger partial charge in [0.2, 0.25) is 0 Å². The van der Waals surface area contributed by atoms with Crippen LogP contribution in [-0.2, 0) is 6.42 Å². The van der Waals surface area contributed by atoms with Gasteiger partial charge in [-0.05, 0) is 30.5 Å². The van der Waals surface area contributed by atoms with Gasteiger partial charge in [0.1, 0.15) is 5.82 Å². The van der Waals surface area contributed by atoms with Crippen molar-refractivity contribution in [2.24, 2.45) is 5.92 Å². The van der Waals surface area contributed by atoms with Crippen molar-refractivity contribution in [2.45, 2.75) is 19.8 Å². The lowest BCUT2D eigenvalue weighted by Gasteiger charge is -2.06. The molecule has 0 heterocycles. The van der Waals surface area contributed by atoms with Gasteiger partial charge in [0.25, 0.3) is 0 Å². The molecule has 0 radical (unpaired) electrons. The molecule has 0 aliphatic carbocycles. The van der Waals surface area contributed by atoms with E-state index in [9.17, 15) is 4.39 Å². The number of hydrogen-bond donors (Lipinski definition) is 0. The SMILES string of the molecule is CCC(C#N)Cc1ccc(F)c(Cl)c1. The van der Waals surface area contributed by atoms with Gasteiger partial charge in [-0.3, -0.25) is 0 Å². The Kier molecular flexibility index (Phi) is 3.91. The first-order valence-corrected chi connectivity index (χ1v) is 4.88. The lowest BCUT2D eigenvalue weighted by atomic mass is 9.98. The molecule has 0 fully saturated rings. The summed E-state index contributed by atoms with van der Waals surface area (Å²) in [6.07, 6.45) is 1.43. The molecule has 14 heavy (non-hydrogen) atoms. The molecule has 0 spiro atoms. The van der Waals surface area contributed by atoms with E-state index >= 15 is 0 Å². The molecule has 74 valence electrons. The van der Waals surface area contributed by atoms with E-state index in [0.717, 1.165) is 12.0 Å². The monoisotopic (exact) mass is 211 g/mol. The maximum Gasteiger partial charge on any atom is 0.141 e.